The van der Waals surface area contributed by atoms with Crippen LogP contribution in [-0.4, -0.2) is 17.5 Å². The van der Waals surface area contributed by atoms with Crippen LogP contribution in [0.25, 0.3) is 0 Å². The molecule has 0 aromatic rings. The van der Waals surface area contributed by atoms with E-state index in [1.807, 2.05) is 0 Å². The second kappa shape index (κ2) is 6.47. The highest BCUT2D eigenvalue weighted by Crippen LogP contribution is 2.61. The minimum absolute atomic E-state index is 0.0904. The number of allylic oxidation sites excluding steroid dienone is 1. The van der Waals surface area contributed by atoms with Crippen molar-refractivity contribution in [3.05, 3.63) is 12.2 Å². The maximum Gasteiger partial charge on any atom is 0.134 e. The molecule has 2 saturated carbocycles. The van der Waals surface area contributed by atoms with E-state index >= 15 is 0 Å². The first kappa shape index (κ1) is 17.7. The fourth-order valence-corrected chi connectivity index (χ4v) is 5.54. The van der Waals surface area contributed by atoms with Gasteiger partial charge in [0.15, 0.2) is 0 Å². The van der Waals surface area contributed by atoms with Crippen molar-refractivity contribution in [2.45, 2.75) is 72.6 Å². The summed E-state index contributed by atoms with van der Waals surface area (Å²) in [4.78, 5) is 12.4. The average Bonchev–Trinajstić information content (AvgIpc) is 2.35. The molecule has 0 bridgehead atoms. The Morgan fingerprint density at radius 1 is 1.27 bits per heavy atom. The summed E-state index contributed by atoms with van der Waals surface area (Å²) in [5.41, 5.74) is 1.58. The number of ketones is 1. The van der Waals surface area contributed by atoms with E-state index in [-0.39, 0.29) is 17.4 Å². The fourth-order valence-electron chi connectivity index (χ4n) is 5.54. The van der Waals surface area contributed by atoms with Gasteiger partial charge in [-0.2, -0.15) is 0 Å². The third-order valence-electron chi connectivity index (χ3n) is 6.58. The van der Waals surface area contributed by atoms with Crippen molar-refractivity contribution in [1.29, 1.82) is 0 Å². The van der Waals surface area contributed by atoms with E-state index in [1.54, 1.807) is 0 Å². The maximum atomic E-state index is 12.4. The Morgan fingerprint density at radius 3 is 2.59 bits per heavy atom. The number of hydrogen-bond donors (Lipinski definition) is 1. The number of fused-ring (bicyclic) bond motifs is 1. The van der Waals surface area contributed by atoms with Crippen LogP contribution in [0.15, 0.2) is 12.2 Å². The molecule has 0 unspecified atom stereocenters. The zero-order valence-electron chi connectivity index (χ0n) is 15.0. The molecule has 0 aromatic carbocycles. The molecule has 2 heteroatoms. The lowest BCUT2D eigenvalue weighted by Crippen LogP contribution is -2.52. The monoisotopic (exact) mass is 306 g/mol. The van der Waals surface area contributed by atoms with Gasteiger partial charge < -0.3 is 5.11 Å². The molecule has 0 radical (unpaired) electrons. The van der Waals surface area contributed by atoms with E-state index in [0.717, 1.165) is 38.5 Å². The number of aliphatic hydroxyl groups excluding tert-OH is 1. The molecule has 22 heavy (non-hydrogen) atoms. The summed E-state index contributed by atoms with van der Waals surface area (Å²) in [7, 11) is 0. The quantitative estimate of drug-likeness (QED) is 0.743. The van der Waals surface area contributed by atoms with Crippen LogP contribution in [0.2, 0.25) is 0 Å². The molecular weight excluding hydrogens is 272 g/mol. The molecule has 1 N–H and O–H groups in total. The van der Waals surface area contributed by atoms with Crippen molar-refractivity contribution >= 4 is 5.78 Å². The zero-order chi connectivity index (χ0) is 16.5. The van der Waals surface area contributed by atoms with Crippen molar-refractivity contribution in [3.8, 4) is 0 Å². The molecule has 2 aliphatic carbocycles. The maximum absolute atomic E-state index is 12.4. The van der Waals surface area contributed by atoms with Gasteiger partial charge in [-0.25, -0.2) is 0 Å². The van der Waals surface area contributed by atoms with Crippen molar-refractivity contribution in [1.82, 2.24) is 0 Å². The molecule has 2 aliphatic rings. The molecule has 0 amide bonds. The first-order valence-corrected chi connectivity index (χ1v) is 9.01. The van der Waals surface area contributed by atoms with Gasteiger partial charge in [-0.1, -0.05) is 46.3 Å². The number of Topliss-reactive ketones (excluding diaryl/α,β-unsaturated/α-hetero) is 1. The number of carbonyl (C=O) groups excluding carboxylic acids is 1. The zero-order valence-corrected chi connectivity index (χ0v) is 15.0. The van der Waals surface area contributed by atoms with E-state index < -0.39 is 0 Å². The van der Waals surface area contributed by atoms with E-state index in [0.29, 0.717) is 23.5 Å². The lowest BCUT2D eigenvalue weighted by molar-refractivity contribution is -0.138. The minimum atomic E-state index is 0.0904. The number of aliphatic hydroxyl groups is 1. The second-order valence-corrected chi connectivity index (χ2v) is 8.88. The van der Waals surface area contributed by atoms with Gasteiger partial charge in [0, 0.05) is 19.4 Å². The smallest absolute Gasteiger partial charge is 0.134 e. The molecule has 0 saturated heterocycles. The van der Waals surface area contributed by atoms with Crippen LogP contribution >= 0.6 is 0 Å². The standard InChI is InChI=1S/C20H34O2/c1-14(10-11-21)6-8-17-15(2)7-9-18-19(3,4)12-16(22)13-20(17,18)5/h14,17-18,21H,2,6-13H2,1,3-5H3/t14-,17+,18-,20+/m0/s1. The van der Waals surface area contributed by atoms with Crippen molar-refractivity contribution < 1.29 is 9.90 Å². The predicted molar refractivity (Wildman–Crippen MR) is 91.6 cm³/mol. The van der Waals surface area contributed by atoms with Crippen LogP contribution in [-0.2, 0) is 4.79 Å². The summed E-state index contributed by atoms with van der Waals surface area (Å²) < 4.78 is 0. The van der Waals surface area contributed by atoms with Gasteiger partial charge in [0.2, 0.25) is 0 Å². The first-order chi connectivity index (χ1) is 10.2. The fraction of sp³-hybridized carbons (Fsp3) is 0.850. The van der Waals surface area contributed by atoms with Crippen LogP contribution in [0.3, 0.4) is 0 Å². The molecule has 2 rings (SSSR count). The number of rotatable bonds is 5. The molecule has 126 valence electrons. The molecule has 0 heterocycles. The van der Waals surface area contributed by atoms with Gasteiger partial charge in [-0.05, 0) is 54.3 Å². The Bertz CT molecular complexity index is 437. The van der Waals surface area contributed by atoms with Gasteiger partial charge in [-0.3, -0.25) is 4.79 Å². The topological polar surface area (TPSA) is 37.3 Å². The molecular formula is C20H34O2. The third kappa shape index (κ3) is 3.32. The highest BCUT2D eigenvalue weighted by molar-refractivity contribution is 5.81. The van der Waals surface area contributed by atoms with Crippen molar-refractivity contribution in [3.63, 3.8) is 0 Å². The van der Waals surface area contributed by atoms with Crippen molar-refractivity contribution in [2.75, 3.05) is 6.61 Å². The Morgan fingerprint density at radius 2 is 1.95 bits per heavy atom. The molecule has 0 spiro atoms. The van der Waals surface area contributed by atoms with Crippen LogP contribution in [0.1, 0.15) is 72.6 Å². The van der Waals surface area contributed by atoms with Crippen LogP contribution < -0.4 is 0 Å². The Balaban J connectivity index is 2.19. The predicted octanol–water partition coefficient (Wildman–Crippen LogP) is 4.76. The Kier molecular flexibility index (Phi) is 5.21. The second-order valence-electron chi connectivity index (χ2n) is 8.88. The normalized spacial score (nSPS) is 36.0. The van der Waals surface area contributed by atoms with E-state index in [2.05, 4.69) is 34.3 Å². The largest absolute Gasteiger partial charge is 0.396 e. The molecule has 2 nitrogen and oxygen atoms in total. The highest BCUT2D eigenvalue weighted by atomic mass is 16.3. The van der Waals surface area contributed by atoms with Gasteiger partial charge in [0.1, 0.15) is 5.78 Å². The average molecular weight is 306 g/mol. The summed E-state index contributed by atoms with van der Waals surface area (Å²) in [6.45, 7) is 13.8. The van der Waals surface area contributed by atoms with E-state index in [9.17, 15) is 4.79 Å². The molecule has 4 atom stereocenters. The lowest BCUT2D eigenvalue weighted by atomic mass is 9.47. The van der Waals surface area contributed by atoms with Crippen LogP contribution in [0.4, 0.5) is 0 Å². The lowest BCUT2D eigenvalue weighted by Gasteiger charge is -2.57. The Labute approximate surface area is 136 Å². The van der Waals surface area contributed by atoms with Crippen LogP contribution in [0.5, 0.6) is 0 Å². The Hall–Kier alpha value is -0.630. The highest BCUT2D eigenvalue weighted by Gasteiger charge is 2.54. The SMILES string of the molecule is C=C1CC[C@H]2C(C)(C)CC(=O)C[C@]2(C)[C@@H]1CC[C@H](C)CCO. The van der Waals surface area contributed by atoms with Crippen LogP contribution in [0, 0.1) is 28.6 Å². The summed E-state index contributed by atoms with van der Waals surface area (Å²) in [6.07, 6.45) is 6.92. The summed E-state index contributed by atoms with van der Waals surface area (Å²) >= 11 is 0. The van der Waals surface area contributed by atoms with E-state index in [1.165, 1.54) is 12.0 Å². The summed E-state index contributed by atoms with van der Waals surface area (Å²) in [6, 6.07) is 0. The first-order valence-electron chi connectivity index (χ1n) is 9.01. The molecule has 0 aromatic heterocycles. The van der Waals surface area contributed by atoms with Gasteiger partial charge in [-0.15, -0.1) is 0 Å². The van der Waals surface area contributed by atoms with Gasteiger partial charge in [0.25, 0.3) is 0 Å². The van der Waals surface area contributed by atoms with Gasteiger partial charge >= 0.3 is 0 Å². The minimum Gasteiger partial charge on any atom is -0.396 e. The van der Waals surface area contributed by atoms with E-state index in [4.69, 9.17) is 5.11 Å². The number of hydrogen-bond acceptors (Lipinski definition) is 2. The van der Waals surface area contributed by atoms with Gasteiger partial charge in [0.05, 0.1) is 0 Å². The molecule has 0 aliphatic heterocycles. The third-order valence-corrected chi connectivity index (χ3v) is 6.58. The molecule has 2 fully saturated rings. The summed E-state index contributed by atoms with van der Waals surface area (Å²) in [5, 5.41) is 9.10. The number of carbonyl (C=O) groups is 1. The summed E-state index contributed by atoms with van der Waals surface area (Å²) in [5.74, 6) is 2.08. The van der Waals surface area contributed by atoms with Crippen molar-refractivity contribution in [2.24, 2.45) is 28.6 Å².